The van der Waals surface area contributed by atoms with Crippen molar-refractivity contribution in [2.45, 2.75) is 32.4 Å². The summed E-state index contributed by atoms with van der Waals surface area (Å²) in [5.41, 5.74) is 2.51. The second kappa shape index (κ2) is 9.42. The number of amides is 5. The fourth-order valence-electron chi connectivity index (χ4n) is 4.92. The minimum Gasteiger partial charge on any atom is -0.324 e. The van der Waals surface area contributed by atoms with Gasteiger partial charge >= 0.3 is 6.03 Å². The summed E-state index contributed by atoms with van der Waals surface area (Å²) < 4.78 is 0. The Bertz CT molecular complexity index is 1410. The number of para-hydroxylation sites is 2. The maximum Gasteiger partial charge on any atom is 0.323 e. The molecule has 0 bridgehead atoms. The van der Waals surface area contributed by atoms with Crippen LogP contribution in [-0.2, 0) is 9.59 Å². The van der Waals surface area contributed by atoms with Gasteiger partial charge in [-0.3, -0.25) is 19.3 Å². The highest BCUT2D eigenvalue weighted by Gasteiger charge is 2.53. The molecule has 3 aromatic rings. The van der Waals surface area contributed by atoms with Gasteiger partial charge in [0.15, 0.2) is 0 Å². The summed E-state index contributed by atoms with van der Waals surface area (Å²) in [6, 6.07) is 20.8. The first-order chi connectivity index (χ1) is 17.8. The quantitative estimate of drug-likeness (QED) is 0.479. The van der Waals surface area contributed by atoms with Crippen LogP contribution in [0, 0.1) is 6.92 Å². The van der Waals surface area contributed by atoms with Crippen molar-refractivity contribution < 1.29 is 19.2 Å². The Balaban J connectivity index is 1.32. The van der Waals surface area contributed by atoms with Gasteiger partial charge in [0.2, 0.25) is 11.8 Å². The summed E-state index contributed by atoms with van der Waals surface area (Å²) in [7, 11) is 0. The molecule has 3 aromatic carbocycles. The number of benzene rings is 3. The topological polar surface area (TPSA) is 111 Å². The maximum absolute atomic E-state index is 13.4. The van der Waals surface area contributed by atoms with Gasteiger partial charge in [-0.1, -0.05) is 36.4 Å². The van der Waals surface area contributed by atoms with E-state index in [0.717, 1.165) is 5.56 Å². The number of hydrogen-bond acceptors (Lipinski definition) is 4. The molecule has 0 saturated carbocycles. The van der Waals surface area contributed by atoms with Gasteiger partial charge < -0.3 is 20.9 Å². The van der Waals surface area contributed by atoms with Gasteiger partial charge in [-0.25, -0.2) is 4.79 Å². The lowest BCUT2D eigenvalue weighted by Gasteiger charge is -2.48. The van der Waals surface area contributed by atoms with Gasteiger partial charge in [-0.2, -0.15) is 0 Å². The Morgan fingerprint density at radius 3 is 2.38 bits per heavy atom. The van der Waals surface area contributed by atoms with Crippen LogP contribution < -0.4 is 20.9 Å². The summed E-state index contributed by atoms with van der Waals surface area (Å²) in [5, 5.41) is 8.38. The van der Waals surface area contributed by atoms with E-state index in [2.05, 4.69) is 16.0 Å². The van der Waals surface area contributed by atoms with Crippen LogP contribution in [0.4, 0.5) is 27.5 Å². The number of carbonyl (C=O) groups excluding carboxylic acids is 4. The van der Waals surface area contributed by atoms with Crippen molar-refractivity contribution in [3.63, 3.8) is 0 Å². The van der Waals surface area contributed by atoms with E-state index in [1.54, 1.807) is 59.5 Å². The highest BCUT2D eigenvalue weighted by atomic mass is 16.2. The first-order valence-electron chi connectivity index (χ1n) is 12.0. The predicted octanol–water partition coefficient (Wildman–Crippen LogP) is 4.58. The molecule has 188 valence electrons. The number of carbonyl (C=O) groups is 4. The molecule has 1 atom stereocenters. The molecule has 2 aliphatic rings. The smallest absolute Gasteiger partial charge is 0.323 e. The minimum absolute atomic E-state index is 0.0729. The molecule has 2 heterocycles. The van der Waals surface area contributed by atoms with Gasteiger partial charge in [0, 0.05) is 23.5 Å². The molecule has 1 unspecified atom stereocenters. The van der Waals surface area contributed by atoms with E-state index >= 15 is 0 Å². The first kappa shape index (κ1) is 24.1. The molecule has 9 heteroatoms. The molecule has 0 aliphatic carbocycles. The first-order valence-corrected chi connectivity index (χ1v) is 12.0. The SMILES string of the molecule is Cc1ccc(NC(=O)Nc2ccccc2)cc1NC(=O)CN1C(=O)c2ccccc2N2C(=O)CCC12C. The van der Waals surface area contributed by atoms with Gasteiger partial charge in [0.1, 0.15) is 12.2 Å². The molecular weight excluding hydrogens is 470 g/mol. The summed E-state index contributed by atoms with van der Waals surface area (Å²) in [5.74, 6) is -0.762. The Morgan fingerprint density at radius 1 is 0.892 bits per heavy atom. The summed E-state index contributed by atoms with van der Waals surface area (Å²) in [6.45, 7) is 3.43. The number of nitrogens with one attached hydrogen (secondary N) is 3. The van der Waals surface area contributed by atoms with E-state index in [1.165, 1.54) is 4.90 Å². The summed E-state index contributed by atoms with van der Waals surface area (Å²) in [6.07, 6.45) is 0.738. The van der Waals surface area contributed by atoms with Crippen molar-refractivity contribution in [3.05, 3.63) is 83.9 Å². The molecular formula is C28H27N5O4. The van der Waals surface area contributed by atoms with Crippen molar-refractivity contribution in [2.24, 2.45) is 0 Å². The van der Waals surface area contributed by atoms with E-state index in [9.17, 15) is 19.2 Å². The van der Waals surface area contributed by atoms with E-state index in [1.807, 2.05) is 32.0 Å². The van der Waals surface area contributed by atoms with Crippen molar-refractivity contribution in [1.82, 2.24) is 4.90 Å². The fourth-order valence-corrected chi connectivity index (χ4v) is 4.92. The largest absolute Gasteiger partial charge is 0.324 e. The van der Waals surface area contributed by atoms with E-state index < -0.39 is 17.6 Å². The zero-order valence-electron chi connectivity index (χ0n) is 20.6. The van der Waals surface area contributed by atoms with Gasteiger partial charge in [-0.05, 0) is 62.2 Å². The maximum atomic E-state index is 13.4. The Hall–Kier alpha value is -4.66. The molecule has 1 fully saturated rings. The van der Waals surface area contributed by atoms with E-state index in [0.29, 0.717) is 41.2 Å². The zero-order chi connectivity index (χ0) is 26.2. The number of urea groups is 1. The third kappa shape index (κ3) is 4.51. The molecule has 5 rings (SSSR count). The molecule has 0 radical (unpaired) electrons. The number of hydrogen-bond donors (Lipinski definition) is 3. The molecule has 9 nitrogen and oxygen atoms in total. The van der Waals surface area contributed by atoms with Gasteiger partial charge in [0.25, 0.3) is 5.91 Å². The van der Waals surface area contributed by atoms with Crippen molar-refractivity contribution >= 4 is 46.5 Å². The highest BCUT2D eigenvalue weighted by Crippen LogP contribution is 2.43. The molecule has 0 spiro atoms. The van der Waals surface area contributed by atoms with Crippen molar-refractivity contribution in [2.75, 3.05) is 27.4 Å². The highest BCUT2D eigenvalue weighted by molar-refractivity contribution is 6.11. The Morgan fingerprint density at radius 2 is 1.59 bits per heavy atom. The standard InChI is InChI=1S/C28H27N5O4/c1-18-12-13-20(30-27(37)29-19-8-4-3-5-9-19)16-22(18)31-24(34)17-32-26(36)21-10-6-7-11-23(21)33-25(35)14-15-28(32,33)2/h3-13,16H,14-15,17H2,1-2H3,(H,31,34)(H2,29,30,37). The van der Waals surface area contributed by atoms with Gasteiger partial charge in [0.05, 0.1) is 11.3 Å². The second-order valence-corrected chi connectivity index (χ2v) is 9.38. The lowest BCUT2D eigenvalue weighted by molar-refractivity contribution is -0.120. The average molecular weight is 498 g/mol. The van der Waals surface area contributed by atoms with Crippen LogP contribution in [0.25, 0.3) is 0 Å². The second-order valence-electron chi connectivity index (χ2n) is 9.38. The molecule has 0 aromatic heterocycles. The van der Waals surface area contributed by atoms with Crippen LogP contribution in [0.2, 0.25) is 0 Å². The number of anilines is 4. The summed E-state index contributed by atoms with van der Waals surface area (Å²) >= 11 is 0. The molecule has 37 heavy (non-hydrogen) atoms. The number of rotatable bonds is 5. The minimum atomic E-state index is -0.923. The Kier molecular flexibility index (Phi) is 6.12. The van der Waals surface area contributed by atoms with Crippen LogP contribution in [0.1, 0.15) is 35.7 Å². The van der Waals surface area contributed by atoms with E-state index in [-0.39, 0.29) is 18.4 Å². The molecule has 5 amide bonds. The van der Waals surface area contributed by atoms with Crippen LogP contribution in [0.15, 0.2) is 72.8 Å². The lowest BCUT2D eigenvalue weighted by atomic mass is 9.98. The van der Waals surface area contributed by atoms with Crippen LogP contribution in [0.3, 0.4) is 0 Å². The van der Waals surface area contributed by atoms with Crippen LogP contribution in [0.5, 0.6) is 0 Å². The molecule has 3 N–H and O–H groups in total. The zero-order valence-corrected chi connectivity index (χ0v) is 20.6. The number of aryl methyl sites for hydroxylation is 1. The molecule has 1 saturated heterocycles. The fraction of sp³-hybridized carbons (Fsp3) is 0.214. The predicted molar refractivity (Wildman–Crippen MR) is 141 cm³/mol. The van der Waals surface area contributed by atoms with Crippen LogP contribution >= 0.6 is 0 Å². The van der Waals surface area contributed by atoms with Crippen LogP contribution in [-0.4, -0.2) is 40.9 Å². The van der Waals surface area contributed by atoms with Crippen molar-refractivity contribution in [1.29, 1.82) is 0 Å². The van der Waals surface area contributed by atoms with E-state index in [4.69, 9.17) is 0 Å². The average Bonchev–Trinajstić information content (AvgIpc) is 3.19. The third-order valence-electron chi connectivity index (χ3n) is 6.85. The third-order valence-corrected chi connectivity index (χ3v) is 6.85. The Labute approximate surface area is 214 Å². The summed E-state index contributed by atoms with van der Waals surface area (Å²) in [4.78, 5) is 54.8. The molecule has 2 aliphatic heterocycles. The monoisotopic (exact) mass is 497 g/mol. The number of nitrogens with zero attached hydrogens (tertiary/aromatic N) is 2. The van der Waals surface area contributed by atoms with Gasteiger partial charge in [-0.15, -0.1) is 0 Å². The lowest BCUT2D eigenvalue weighted by Crippen LogP contribution is -2.63. The number of fused-ring (bicyclic) bond motifs is 3. The normalized spacial score (nSPS) is 18.2. The van der Waals surface area contributed by atoms with Crippen molar-refractivity contribution in [3.8, 4) is 0 Å².